The highest BCUT2D eigenvalue weighted by atomic mass is 16.5. The Morgan fingerprint density at radius 2 is 1.59 bits per heavy atom. The molecule has 0 aromatic heterocycles. The molecule has 0 unspecified atom stereocenters. The summed E-state index contributed by atoms with van der Waals surface area (Å²) in [6.07, 6.45) is 0. The average Bonchev–Trinajstić information content (AvgIpc) is 2.72. The summed E-state index contributed by atoms with van der Waals surface area (Å²) in [7, 11) is 0. The molecule has 0 atom stereocenters. The zero-order valence-corrected chi connectivity index (χ0v) is 18.0. The highest BCUT2D eigenvalue weighted by Crippen LogP contribution is 2.32. The number of rotatable bonds is 7. The van der Waals surface area contributed by atoms with Crippen LogP contribution in [0.2, 0.25) is 0 Å². The van der Waals surface area contributed by atoms with E-state index in [1.165, 1.54) is 11.1 Å². The second kappa shape index (κ2) is 9.79. The number of carbonyl (C=O) groups is 1. The first-order chi connectivity index (χ1) is 14.0. The number of amides is 1. The van der Waals surface area contributed by atoms with Gasteiger partial charge in [0.05, 0.1) is 31.1 Å². The maximum atomic E-state index is 12.8. The molecular weight excluding hydrogens is 362 g/mol. The largest absolute Gasteiger partial charge is 0.378 e. The standard InChI is InChI=1S/C24H33N3O2/c1-17(2)19-8-7-9-20(18(3)4)24(19)25-16-23(28)26-21-10-5-6-11-22(21)27-12-14-29-15-13-27/h5-11,17-18,25H,12-16H2,1-4H3,(H,26,28). The van der Waals surface area contributed by atoms with Crippen molar-refractivity contribution in [2.24, 2.45) is 0 Å². The number of para-hydroxylation sites is 3. The lowest BCUT2D eigenvalue weighted by atomic mass is 9.92. The fourth-order valence-electron chi connectivity index (χ4n) is 3.78. The lowest BCUT2D eigenvalue weighted by molar-refractivity contribution is -0.114. The van der Waals surface area contributed by atoms with Gasteiger partial charge in [-0.2, -0.15) is 0 Å². The van der Waals surface area contributed by atoms with Crippen molar-refractivity contribution >= 4 is 23.0 Å². The van der Waals surface area contributed by atoms with Gasteiger partial charge in [0, 0.05) is 18.8 Å². The van der Waals surface area contributed by atoms with Crippen LogP contribution in [0, 0.1) is 0 Å². The molecule has 1 aliphatic heterocycles. The second-order valence-corrected chi connectivity index (χ2v) is 8.14. The molecule has 0 bridgehead atoms. The molecule has 1 fully saturated rings. The Morgan fingerprint density at radius 1 is 0.966 bits per heavy atom. The summed E-state index contributed by atoms with van der Waals surface area (Å²) in [5.41, 5.74) is 5.49. The van der Waals surface area contributed by atoms with E-state index in [4.69, 9.17) is 4.74 Å². The van der Waals surface area contributed by atoms with Gasteiger partial charge < -0.3 is 20.3 Å². The van der Waals surface area contributed by atoms with Crippen LogP contribution in [0.3, 0.4) is 0 Å². The summed E-state index contributed by atoms with van der Waals surface area (Å²) in [5.74, 6) is 0.738. The van der Waals surface area contributed by atoms with Crippen molar-refractivity contribution in [2.45, 2.75) is 39.5 Å². The van der Waals surface area contributed by atoms with Gasteiger partial charge in [-0.25, -0.2) is 0 Å². The molecule has 1 aliphatic rings. The molecule has 5 heteroatoms. The van der Waals surface area contributed by atoms with Crippen LogP contribution in [-0.4, -0.2) is 38.8 Å². The summed E-state index contributed by atoms with van der Waals surface area (Å²) < 4.78 is 5.45. The number of nitrogens with zero attached hydrogens (tertiary/aromatic N) is 1. The minimum atomic E-state index is -0.0426. The first-order valence-electron chi connectivity index (χ1n) is 10.6. The molecule has 2 aromatic rings. The third kappa shape index (κ3) is 5.30. The van der Waals surface area contributed by atoms with E-state index in [-0.39, 0.29) is 12.5 Å². The number of ether oxygens (including phenoxy) is 1. The predicted molar refractivity (Wildman–Crippen MR) is 121 cm³/mol. The molecule has 5 nitrogen and oxygen atoms in total. The van der Waals surface area contributed by atoms with Crippen molar-refractivity contribution < 1.29 is 9.53 Å². The van der Waals surface area contributed by atoms with Crippen LogP contribution in [0.4, 0.5) is 17.1 Å². The highest BCUT2D eigenvalue weighted by molar-refractivity contribution is 5.97. The molecule has 0 saturated carbocycles. The van der Waals surface area contributed by atoms with Crippen LogP contribution in [-0.2, 0) is 9.53 Å². The Bertz CT molecular complexity index is 800. The second-order valence-electron chi connectivity index (χ2n) is 8.14. The van der Waals surface area contributed by atoms with E-state index in [1.54, 1.807) is 0 Å². The highest BCUT2D eigenvalue weighted by Gasteiger charge is 2.17. The van der Waals surface area contributed by atoms with E-state index in [1.807, 2.05) is 18.2 Å². The van der Waals surface area contributed by atoms with Gasteiger partial charge >= 0.3 is 0 Å². The van der Waals surface area contributed by atoms with Crippen molar-refractivity contribution in [1.82, 2.24) is 0 Å². The number of anilines is 3. The predicted octanol–water partition coefficient (Wildman–Crippen LogP) is 4.82. The molecule has 0 aliphatic carbocycles. The average molecular weight is 396 g/mol. The minimum absolute atomic E-state index is 0.0426. The molecule has 1 heterocycles. The van der Waals surface area contributed by atoms with Gasteiger partial charge in [-0.05, 0) is 35.1 Å². The number of hydrogen-bond donors (Lipinski definition) is 2. The van der Waals surface area contributed by atoms with Crippen LogP contribution in [0.1, 0.15) is 50.7 Å². The molecule has 1 amide bonds. The zero-order chi connectivity index (χ0) is 20.8. The van der Waals surface area contributed by atoms with E-state index < -0.39 is 0 Å². The molecule has 29 heavy (non-hydrogen) atoms. The van der Waals surface area contributed by atoms with Crippen LogP contribution in [0.5, 0.6) is 0 Å². The molecule has 2 N–H and O–H groups in total. The fraction of sp³-hybridized carbons (Fsp3) is 0.458. The Kier molecular flexibility index (Phi) is 7.15. The summed E-state index contributed by atoms with van der Waals surface area (Å²) in [6, 6.07) is 14.4. The third-order valence-corrected chi connectivity index (χ3v) is 5.33. The van der Waals surface area contributed by atoms with E-state index in [9.17, 15) is 4.79 Å². The van der Waals surface area contributed by atoms with Gasteiger partial charge in [0.15, 0.2) is 0 Å². The minimum Gasteiger partial charge on any atom is -0.378 e. The van der Waals surface area contributed by atoms with Gasteiger partial charge in [-0.3, -0.25) is 4.79 Å². The quantitative estimate of drug-likeness (QED) is 0.706. The Balaban J connectivity index is 1.72. The van der Waals surface area contributed by atoms with Crippen molar-refractivity contribution in [3.05, 3.63) is 53.6 Å². The van der Waals surface area contributed by atoms with Gasteiger partial charge in [0.2, 0.25) is 5.91 Å². The Hall–Kier alpha value is -2.53. The van der Waals surface area contributed by atoms with Crippen molar-refractivity contribution in [3.63, 3.8) is 0 Å². The van der Waals surface area contributed by atoms with Crippen molar-refractivity contribution in [1.29, 1.82) is 0 Å². The van der Waals surface area contributed by atoms with Crippen molar-refractivity contribution in [2.75, 3.05) is 48.4 Å². The third-order valence-electron chi connectivity index (χ3n) is 5.33. The molecule has 2 aromatic carbocycles. The maximum absolute atomic E-state index is 12.8. The monoisotopic (exact) mass is 395 g/mol. The lowest BCUT2D eigenvalue weighted by Crippen LogP contribution is -2.37. The van der Waals surface area contributed by atoms with E-state index >= 15 is 0 Å². The molecule has 156 valence electrons. The van der Waals surface area contributed by atoms with E-state index in [0.717, 1.165) is 30.2 Å². The SMILES string of the molecule is CC(C)c1cccc(C(C)C)c1NCC(=O)Nc1ccccc1N1CCOCC1. The van der Waals surface area contributed by atoms with Crippen LogP contribution in [0.15, 0.2) is 42.5 Å². The molecular formula is C24H33N3O2. The van der Waals surface area contributed by atoms with Gasteiger partial charge in [0.25, 0.3) is 0 Å². The summed E-state index contributed by atoms with van der Waals surface area (Å²) >= 11 is 0. The molecule has 3 rings (SSSR count). The van der Waals surface area contributed by atoms with Crippen LogP contribution >= 0.6 is 0 Å². The van der Waals surface area contributed by atoms with E-state index in [0.29, 0.717) is 25.0 Å². The van der Waals surface area contributed by atoms with Gasteiger partial charge in [-0.1, -0.05) is 58.0 Å². The van der Waals surface area contributed by atoms with Gasteiger partial charge in [0.1, 0.15) is 0 Å². The Labute approximate surface area is 174 Å². The first-order valence-corrected chi connectivity index (χ1v) is 10.6. The van der Waals surface area contributed by atoms with E-state index in [2.05, 4.69) is 67.5 Å². The van der Waals surface area contributed by atoms with Crippen LogP contribution in [0.25, 0.3) is 0 Å². The van der Waals surface area contributed by atoms with Gasteiger partial charge in [-0.15, -0.1) is 0 Å². The number of nitrogens with one attached hydrogen (secondary N) is 2. The van der Waals surface area contributed by atoms with Crippen molar-refractivity contribution in [3.8, 4) is 0 Å². The molecule has 0 spiro atoms. The Morgan fingerprint density at radius 3 is 2.21 bits per heavy atom. The number of hydrogen-bond acceptors (Lipinski definition) is 4. The molecule has 0 radical (unpaired) electrons. The smallest absolute Gasteiger partial charge is 0.243 e. The fourth-order valence-corrected chi connectivity index (χ4v) is 3.78. The number of morpholine rings is 1. The maximum Gasteiger partial charge on any atom is 0.243 e. The first kappa shape index (κ1) is 21.2. The normalized spacial score (nSPS) is 14.3. The summed E-state index contributed by atoms with van der Waals surface area (Å²) in [6.45, 7) is 12.1. The van der Waals surface area contributed by atoms with Crippen LogP contribution < -0.4 is 15.5 Å². The summed E-state index contributed by atoms with van der Waals surface area (Å²) in [5, 5.41) is 6.51. The topological polar surface area (TPSA) is 53.6 Å². The lowest BCUT2D eigenvalue weighted by Gasteiger charge is -2.30. The zero-order valence-electron chi connectivity index (χ0n) is 18.0. The number of carbonyl (C=O) groups excluding carboxylic acids is 1. The molecule has 1 saturated heterocycles. The summed E-state index contributed by atoms with van der Waals surface area (Å²) in [4.78, 5) is 15.0. The number of benzene rings is 2.